The van der Waals surface area contributed by atoms with Crippen LogP contribution in [0.2, 0.25) is 0 Å². The van der Waals surface area contributed by atoms with Gasteiger partial charge >= 0.3 is 0 Å². The number of aliphatic hydroxyl groups is 1. The van der Waals surface area contributed by atoms with Crippen molar-refractivity contribution in [2.75, 3.05) is 11.6 Å². The summed E-state index contributed by atoms with van der Waals surface area (Å²) in [6, 6.07) is 3.03. The molecule has 10 nitrogen and oxygen atoms in total. The van der Waals surface area contributed by atoms with Gasteiger partial charge in [0.1, 0.15) is 21.2 Å². The number of aliphatic hydroxyl groups excluding tert-OH is 1. The summed E-state index contributed by atoms with van der Waals surface area (Å²) in [5, 5.41) is 15.9. The molecule has 0 spiro atoms. The summed E-state index contributed by atoms with van der Waals surface area (Å²) in [4.78, 5) is 15.2. The number of rotatable bonds is 6. The quantitative estimate of drug-likeness (QED) is 0.464. The molecule has 1 aromatic carbocycles. The fraction of sp³-hybridized carbons (Fsp3) is 0.417. The largest absolute Gasteiger partial charge is 0.511 e. The third kappa shape index (κ3) is 4.44. The smallest absolute Gasteiger partial charge is 0.287 e. The highest BCUT2D eigenvalue weighted by Crippen LogP contribution is 2.55. The number of thiophene rings is 1. The summed E-state index contributed by atoms with van der Waals surface area (Å²) in [6.07, 6.45) is 3.46. The number of amidine groups is 1. The van der Waals surface area contributed by atoms with E-state index in [1.165, 1.54) is 16.3 Å². The zero-order valence-corrected chi connectivity index (χ0v) is 23.0. The Kier molecular flexibility index (Phi) is 6.13. The second-order valence-corrected chi connectivity index (χ2v) is 14.6. The topological polar surface area (TPSA) is 145 Å². The number of fused-ring (bicyclic) bond motifs is 6. The van der Waals surface area contributed by atoms with Crippen molar-refractivity contribution < 1.29 is 35.5 Å². The molecule has 4 atom stereocenters. The minimum Gasteiger partial charge on any atom is -0.511 e. The number of benzene rings is 1. The van der Waals surface area contributed by atoms with Crippen LogP contribution in [0.15, 0.2) is 44.2 Å². The van der Waals surface area contributed by atoms with E-state index in [4.69, 9.17) is 0 Å². The van der Waals surface area contributed by atoms with Crippen LogP contribution in [-0.2, 0) is 37.9 Å². The Morgan fingerprint density at radius 1 is 1.23 bits per heavy atom. The SMILES string of the molecule is CS(=O)(=O)NCc1csc2c1S(=O)(=O)N=C(C1=C(O)C3C([C@H]4CC[C@@H]3C4)N(Cc3ccc(F)c(F)c3)C1=O)N2. The van der Waals surface area contributed by atoms with E-state index in [0.717, 1.165) is 49.0 Å². The van der Waals surface area contributed by atoms with Crippen molar-refractivity contribution in [1.29, 1.82) is 0 Å². The third-order valence-corrected chi connectivity index (χ3v) is 11.0. The van der Waals surface area contributed by atoms with Crippen LogP contribution in [0.3, 0.4) is 0 Å². The first-order valence-electron chi connectivity index (χ1n) is 12.2. The summed E-state index contributed by atoms with van der Waals surface area (Å²) in [7, 11) is -7.96. The summed E-state index contributed by atoms with van der Waals surface area (Å²) >= 11 is 1.00. The summed E-state index contributed by atoms with van der Waals surface area (Å²) in [5.41, 5.74) is 0.279. The monoisotopic (exact) mass is 598 g/mol. The van der Waals surface area contributed by atoms with Gasteiger partial charge in [0.05, 0.1) is 6.26 Å². The lowest BCUT2D eigenvalue weighted by atomic mass is 9.77. The van der Waals surface area contributed by atoms with E-state index in [-0.39, 0.29) is 63.6 Å². The van der Waals surface area contributed by atoms with Gasteiger partial charge in [0.15, 0.2) is 17.5 Å². The number of carbonyl (C=O) groups is 1. The van der Waals surface area contributed by atoms with Crippen LogP contribution >= 0.6 is 11.3 Å². The summed E-state index contributed by atoms with van der Waals surface area (Å²) in [5.74, 6) is -3.50. The molecule has 2 fully saturated rings. The van der Waals surface area contributed by atoms with E-state index in [1.807, 2.05) is 0 Å². The van der Waals surface area contributed by atoms with Crippen LogP contribution in [-0.4, -0.2) is 50.9 Å². The van der Waals surface area contributed by atoms with Crippen LogP contribution in [0.25, 0.3) is 0 Å². The van der Waals surface area contributed by atoms with Crippen molar-refractivity contribution in [2.45, 2.75) is 43.3 Å². The Morgan fingerprint density at radius 2 is 1.97 bits per heavy atom. The average Bonchev–Trinajstić information content (AvgIpc) is 3.57. The minimum absolute atomic E-state index is 0.0528. The van der Waals surface area contributed by atoms with E-state index < -0.39 is 43.5 Å². The number of amides is 1. The molecule has 4 aliphatic rings. The van der Waals surface area contributed by atoms with Crippen LogP contribution in [0, 0.1) is 29.4 Å². The molecule has 2 saturated carbocycles. The second kappa shape index (κ2) is 9.08. The molecule has 0 saturated heterocycles. The molecule has 1 amide bonds. The Bertz CT molecular complexity index is 1680. The lowest BCUT2D eigenvalue weighted by Gasteiger charge is -2.44. The maximum absolute atomic E-state index is 14.0. The van der Waals surface area contributed by atoms with Gasteiger partial charge in [-0.1, -0.05) is 6.07 Å². The molecule has 2 aromatic rings. The zero-order valence-electron chi connectivity index (χ0n) is 20.5. The van der Waals surface area contributed by atoms with Gasteiger partial charge in [-0.3, -0.25) is 4.79 Å². The van der Waals surface area contributed by atoms with E-state index in [1.54, 1.807) is 0 Å². The highest BCUT2D eigenvalue weighted by atomic mass is 32.2. The number of nitrogens with one attached hydrogen (secondary N) is 2. The highest BCUT2D eigenvalue weighted by molar-refractivity contribution is 7.91. The van der Waals surface area contributed by atoms with Crippen LogP contribution in [0.4, 0.5) is 13.8 Å². The molecule has 3 heterocycles. The normalized spacial score (nSPS) is 27.3. The van der Waals surface area contributed by atoms with Crippen molar-refractivity contribution >= 4 is 48.1 Å². The van der Waals surface area contributed by atoms with Gasteiger partial charge in [0.25, 0.3) is 15.9 Å². The van der Waals surface area contributed by atoms with Crippen molar-refractivity contribution in [3.63, 3.8) is 0 Å². The third-order valence-electron chi connectivity index (χ3n) is 7.90. The van der Waals surface area contributed by atoms with Gasteiger partial charge in [-0.25, -0.2) is 21.9 Å². The van der Waals surface area contributed by atoms with Gasteiger partial charge in [-0.05, 0) is 54.2 Å². The maximum Gasteiger partial charge on any atom is 0.287 e. The van der Waals surface area contributed by atoms with E-state index >= 15 is 0 Å². The summed E-state index contributed by atoms with van der Waals surface area (Å²) in [6.45, 7) is -0.319. The van der Waals surface area contributed by atoms with Crippen molar-refractivity contribution in [3.8, 4) is 0 Å². The first-order chi connectivity index (χ1) is 18.3. The highest BCUT2D eigenvalue weighted by Gasteiger charge is 2.57. The predicted octanol–water partition coefficient (Wildman–Crippen LogP) is 2.86. The number of carbonyl (C=O) groups excluding carboxylic acids is 1. The standard InChI is InChI=1S/C24H24F2N4O6S3/c1-38(33,34)27-8-14-10-37-23-21(14)39(35,36)29-22(28-23)18-20(31)17-12-3-4-13(7-12)19(17)30(24(18)32)9-11-2-5-15(25)16(26)6-11/h2,5-6,10,12-13,17,19,27,31H,3-4,7-9H2,1H3,(H,28,29)/t12-,13+,17?,19?/m1/s1. The van der Waals surface area contributed by atoms with Gasteiger partial charge in [-0.15, -0.1) is 15.7 Å². The Morgan fingerprint density at radius 3 is 2.69 bits per heavy atom. The van der Waals surface area contributed by atoms with E-state index in [0.29, 0.717) is 5.56 Å². The molecule has 15 heteroatoms. The van der Waals surface area contributed by atoms with Crippen LogP contribution in [0.1, 0.15) is 30.4 Å². The number of hydrogen-bond acceptors (Lipinski definition) is 8. The predicted molar refractivity (Wildman–Crippen MR) is 139 cm³/mol. The number of halogens is 2. The van der Waals surface area contributed by atoms with Crippen molar-refractivity contribution in [2.24, 2.45) is 22.2 Å². The molecular weight excluding hydrogens is 574 g/mol. The summed E-state index contributed by atoms with van der Waals surface area (Å²) < 4.78 is 83.1. The Balaban J connectivity index is 1.39. The number of nitrogens with zero attached hydrogens (tertiary/aromatic N) is 2. The fourth-order valence-corrected chi connectivity index (χ4v) is 9.40. The first-order valence-corrected chi connectivity index (χ1v) is 16.4. The molecule has 3 N–H and O–H groups in total. The Hall–Kier alpha value is -2.88. The second-order valence-electron chi connectivity index (χ2n) is 10.3. The van der Waals surface area contributed by atoms with Crippen molar-refractivity contribution in [3.05, 3.63) is 57.7 Å². The van der Waals surface area contributed by atoms with E-state index in [9.17, 15) is 35.5 Å². The molecule has 2 unspecified atom stereocenters. The number of anilines is 1. The number of sulfonamides is 2. The fourth-order valence-electron chi connectivity index (χ4n) is 6.37. The van der Waals surface area contributed by atoms with Gasteiger partial charge in [-0.2, -0.15) is 8.42 Å². The molecule has 2 aliphatic heterocycles. The lowest BCUT2D eigenvalue weighted by Crippen LogP contribution is -2.53. The maximum atomic E-state index is 14.0. The number of hydrogen-bond donors (Lipinski definition) is 3. The molecule has 1 aromatic heterocycles. The lowest BCUT2D eigenvalue weighted by molar-refractivity contribution is -0.134. The van der Waals surface area contributed by atoms with Crippen LogP contribution < -0.4 is 10.0 Å². The molecular formula is C24H24F2N4O6S3. The molecule has 6 rings (SSSR count). The molecule has 39 heavy (non-hydrogen) atoms. The van der Waals surface area contributed by atoms with Crippen molar-refractivity contribution in [1.82, 2.24) is 9.62 Å². The minimum atomic E-state index is -4.37. The first kappa shape index (κ1) is 26.3. The molecule has 2 aliphatic carbocycles. The Labute approximate surface area is 227 Å². The van der Waals surface area contributed by atoms with Gasteiger partial charge in [0.2, 0.25) is 10.0 Å². The van der Waals surface area contributed by atoms with Gasteiger partial charge in [0, 0.05) is 30.6 Å². The van der Waals surface area contributed by atoms with E-state index in [2.05, 4.69) is 14.4 Å². The average molecular weight is 599 g/mol. The molecule has 0 radical (unpaired) electrons. The van der Waals surface area contributed by atoms with Gasteiger partial charge < -0.3 is 15.3 Å². The molecule has 2 bridgehead atoms. The zero-order chi connectivity index (χ0) is 27.9. The molecule has 208 valence electrons. The van der Waals surface area contributed by atoms with Crippen LogP contribution in [0.5, 0.6) is 0 Å².